The van der Waals surface area contributed by atoms with Crippen molar-refractivity contribution < 1.29 is 14.3 Å². The molecule has 0 aromatic heterocycles. The van der Waals surface area contributed by atoms with Gasteiger partial charge in [0.05, 0.1) is 20.1 Å². The standard InChI is InChI=1S/C19H23NO3/c1-14-4-5-16(12-15(14)2)13-19(21)20-10-11-23-18-8-6-17(22-3)7-9-18/h4-9,12H,10-11,13H2,1-3H3,(H,20,21). The molecule has 4 nitrogen and oxygen atoms in total. The highest BCUT2D eigenvalue weighted by molar-refractivity contribution is 5.78. The lowest BCUT2D eigenvalue weighted by Crippen LogP contribution is -2.29. The van der Waals surface area contributed by atoms with E-state index in [0.717, 1.165) is 17.1 Å². The van der Waals surface area contributed by atoms with Crippen LogP contribution in [0.1, 0.15) is 16.7 Å². The van der Waals surface area contributed by atoms with Crippen LogP contribution in [0.3, 0.4) is 0 Å². The van der Waals surface area contributed by atoms with E-state index in [-0.39, 0.29) is 5.91 Å². The second kappa shape index (κ2) is 8.22. The molecule has 2 rings (SSSR count). The third-order valence-electron chi connectivity index (χ3n) is 3.69. The van der Waals surface area contributed by atoms with Crippen molar-refractivity contribution in [3.05, 3.63) is 59.2 Å². The summed E-state index contributed by atoms with van der Waals surface area (Å²) in [5.74, 6) is 1.56. The maximum Gasteiger partial charge on any atom is 0.224 e. The smallest absolute Gasteiger partial charge is 0.224 e. The molecule has 23 heavy (non-hydrogen) atoms. The quantitative estimate of drug-likeness (QED) is 0.799. The molecule has 2 aromatic carbocycles. The monoisotopic (exact) mass is 313 g/mol. The van der Waals surface area contributed by atoms with Gasteiger partial charge in [0.25, 0.3) is 0 Å². The van der Waals surface area contributed by atoms with Crippen LogP contribution in [0.4, 0.5) is 0 Å². The second-order valence-corrected chi connectivity index (χ2v) is 5.47. The minimum atomic E-state index is 0.00610. The van der Waals surface area contributed by atoms with Crippen LogP contribution in [0.2, 0.25) is 0 Å². The minimum absolute atomic E-state index is 0.00610. The molecule has 0 bridgehead atoms. The Morgan fingerprint density at radius 2 is 1.70 bits per heavy atom. The third kappa shape index (κ3) is 5.33. The molecule has 2 aromatic rings. The predicted octanol–water partition coefficient (Wildman–Crippen LogP) is 3.05. The first-order valence-corrected chi connectivity index (χ1v) is 7.68. The lowest BCUT2D eigenvalue weighted by Gasteiger charge is -2.09. The normalized spacial score (nSPS) is 10.2. The van der Waals surface area contributed by atoms with E-state index in [1.165, 1.54) is 11.1 Å². The molecule has 1 amide bonds. The summed E-state index contributed by atoms with van der Waals surface area (Å²) in [5, 5.41) is 2.87. The number of amides is 1. The fraction of sp³-hybridized carbons (Fsp3) is 0.316. The number of hydrogen-bond donors (Lipinski definition) is 1. The van der Waals surface area contributed by atoms with Gasteiger partial charge < -0.3 is 14.8 Å². The van der Waals surface area contributed by atoms with E-state index in [2.05, 4.69) is 25.2 Å². The number of carbonyl (C=O) groups is 1. The van der Waals surface area contributed by atoms with Crippen molar-refractivity contribution >= 4 is 5.91 Å². The van der Waals surface area contributed by atoms with Gasteiger partial charge in [-0.25, -0.2) is 0 Å². The minimum Gasteiger partial charge on any atom is -0.497 e. The van der Waals surface area contributed by atoms with Gasteiger partial charge in [0, 0.05) is 0 Å². The Labute approximate surface area is 137 Å². The molecule has 0 heterocycles. The molecule has 0 aliphatic rings. The van der Waals surface area contributed by atoms with Crippen LogP contribution in [-0.2, 0) is 11.2 Å². The van der Waals surface area contributed by atoms with E-state index in [1.807, 2.05) is 36.4 Å². The highest BCUT2D eigenvalue weighted by Crippen LogP contribution is 2.16. The van der Waals surface area contributed by atoms with Crippen LogP contribution in [-0.4, -0.2) is 26.2 Å². The second-order valence-electron chi connectivity index (χ2n) is 5.47. The van der Waals surface area contributed by atoms with Crippen molar-refractivity contribution in [2.24, 2.45) is 0 Å². The molecule has 1 N–H and O–H groups in total. The van der Waals surface area contributed by atoms with E-state index >= 15 is 0 Å². The van der Waals surface area contributed by atoms with Crippen LogP contribution >= 0.6 is 0 Å². The number of carbonyl (C=O) groups excluding carboxylic acids is 1. The zero-order chi connectivity index (χ0) is 16.7. The summed E-state index contributed by atoms with van der Waals surface area (Å²) in [7, 11) is 1.63. The number of benzene rings is 2. The molecule has 0 atom stereocenters. The van der Waals surface area contributed by atoms with Gasteiger partial charge in [-0.15, -0.1) is 0 Å². The van der Waals surface area contributed by atoms with Gasteiger partial charge in [-0.3, -0.25) is 4.79 Å². The van der Waals surface area contributed by atoms with Crippen LogP contribution in [0.15, 0.2) is 42.5 Å². The van der Waals surface area contributed by atoms with Crippen molar-refractivity contribution in [1.82, 2.24) is 5.32 Å². The topological polar surface area (TPSA) is 47.6 Å². The molecule has 0 saturated heterocycles. The number of methoxy groups -OCH3 is 1. The van der Waals surface area contributed by atoms with E-state index in [0.29, 0.717) is 19.6 Å². The molecule has 0 unspecified atom stereocenters. The Kier molecular flexibility index (Phi) is 6.03. The Hall–Kier alpha value is -2.49. The first-order valence-electron chi connectivity index (χ1n) is 7.68. The number of hydrogen-bond acceptors (Lipinski definition) is 3. The van der Waals surface area contributed by atoms with Crippen molar-refractivity contribution in [3.63, 3.8) is 0 Å². The van der Waals surface area contributed by atoms with E-state index < -0.39 is 0 Å². The maximum absolute atomic E-state index is 11.9. The molecule has 4 heteroatoms. The van der Waals surface area contributed by atoms with Gasteiger partial charge in [0.2, 0.25) is 5.91 Å². The first kappa shape index (κ1) is 16.9. The van der Waals surface area contributed by atoms with Crippen molar-refractivity contribution in [2.75, 3.05) is 20.3 Å². The lowest BCUT2D eigenvalue weighted by atomic mass is 10.0. The lowest BCUT2D eigenvalue weighted by molar-refractivity contribution is -0.120. The largest absolute Gasteiger partial charge is 0.497 e. The zero-order valence-electron chi connectivity index (χ0n) is 13.9. The molecule has 0 aliphatic carbocycles. The molecule has 0 spiro atoms. The Morgan fingerprint density at radius 3 is 2.35 bits per heavy atom. The fourth-order valence-corrected chi connectivity index (χ4v) is 2.19. The van der Waals surface area contributed by atoms with Gasteiger partial charge in [-0.1, -0.05) is 18.2 Å². The number of rotatable bonds is 7. The van der Waals surface area contributed by atoms with Crippen LogP contribution in [0.25, 0.3) is 0 Å². The molecule has 0 radical (unpaired) electrons. The van der Waals surface area contributed by atoms with Crippen LogP contribution in [0, 0.1) is 13.8 Å². The van der Waals surface area contributed by atoms with E-state index in [1.54, 1.807) is 7.11 Å². The Morgan fingerprint density at radius 1 is 1.00 bits per heavy atom. The fourth-order valence-electron chi connectivity index (χ4n) is 2.19. The number of ether oxygens (including phenoxy) is 2. The van der Waals surface area contributed by atoms with Crippen molar-refractivity contribution in [2.45, 2.75) is 20.3 Å². The van der Waals surface area contributed by atoms with Gasteiger partial charge in [-0.2, -0.15) is 0 Å². The molecule has 122 valence electrons. The number of aryl methyl sites for hydroxylation is 2. The van der Waals surface area contributed by atoms with Gasteiger partial charge in [0.1, 0.15) is 18.1 Å². The zero-order valence-corrected chi connectivity index (χ0v) is 13.9. The Bertz CT molecular complexity index is 650. The van der Waals surface area contributed by atoms with Gasteiger partial charge in [0.15, 0.2) is 0 Å². The summed E-state index contributed by atoms with van der Waals surface area (Å²) < 4.78 is 10.7. The average molecular weight is 313 g/mol. The van der Waals surface area contributed by atoms with E-state index in [9.17, 15) is 4.79 Å². The summed E-state index contributed by atoms with van der Waals surface area (Å²) in [5.41, 5.74) is 3.47. The molecular weight excluding hydrogens is 290 g/mol. The summed E-state index contributed by atoms with van der Waals surface area (Å²) >= 11 is 0. The van der Waals surface area contributed by atoms with Crippen LogP contribution in [0.5, 0.6) is 11.5 Å². The van der Waals surface area contributed by atoms with E-state index in [4.69, 9.17) is 9.47 Å². The highest BCUT2D eigenvalue weighted by Gasteiger charge is 2.04. The number of nitrogens with one attached hydrogen (secondary N) is 1. The SMILES string of the molecule is COc1ccc(OCCNC(=O)Cc2ccc(C)c(C)c2)cc1. The summed E-state index contributed by atoms with van der Waals surface area (Å²) in [6, 6.07) is 13.5. The average Bonchev–Trinajstić information content (AvgIpc) is 2.55. The first-order chi connectivity index (χ1) is 11.1. The summed E-state index contributed by atoms with van der Waals surface area (Å²) in [6.07, 6.45) is 0.393. The summed E-state index contributed by atoms with van der Waals surface area (Å²) in [4.78, 5) is 11.9. The van der Waals surface area contributed by atoms with Crippen molar-refractivity contribution in [1.29, 1.82) is 0 Å². The van der Waals surface area contributed by atoms with Gasteiger partial charge in [-0.05, 0) is 54.8 Å². The molecular formula is C19H23NO3. The Balaban J connectivity index is 1.70. The van der Waals surface area contributed by atoms with Gasteiger partial charge >= 0.3 is 0 Å². The predicted molar refractivity (Wildman–Crippen MR) is 91.1 cm³/mol. The third-order valence-corrected chi connectivity index (χ3v) is 3.69. The van der Waals surface area contributed by atoms with Crippen molar-refractivity contribution in [3.8, 4) is 11.5 Å². The summed E-state index contributed by atoms with van der Waals surface area (Å²) in [6.45, 7) is 5.04. The van der Waals surface area contributed by atoms with Crippen LogP contribution < -0.4 is 14.8 Å². The molecule has 0 fully saturated rings. The maximum atomic E-state index is 11.9. The molecule has 0 saturated carbocycles. The molecule has 0 aliphatic heterocycles. The highest BCUT2D eigenvalue weighted by atomic mass is 16.5.